The zero-order chi connectivity index (χ0) is 25.9. The lowest BCUT2D eigenvalue weighted by Crippen LogP contribution is -2.31. The molecule has 4 aromatic rings. The molecule has 2 atom stereocenters. The fraction of sp³-hybridized carbons (Fsp3) is 0.194. The SMILES string of the molecule is Cc1ccc(-c2cc(CC(=O)O)ccc2-c2cccnc2)c(CN2C(=O)O[C@H](c3ccccc3)[C@@H]2C)c1. The van der Waals surface area contributed by atoms with E-state index >= 15 is 0 Å². The molecule has 1 aliphatic heterocycles. The van der Waals surface area contributed by atoms with Crippen molar-refractivity contribution in [2.45, 2.75) is 39.0 Å². The molecule has 6 nitrogen and oxygen atoms in total. The molecule has 0 spiro atoms. The van der Waals surface area contributed by atoms with Gasteiger partial charge in [0, 0.05) is 18.0 Å². The molecular weight excluding hydrogens is 464 g/mol. The van der Waals surface area contributed by atoms with Crippen molar-refractivity contribution in [2.75, 3.05) is 0 Å². The summed E-state index contributed by atoms with van der Waals surface area (Å²) in [6.45, 7) is 4.40. The zero-order valence-corrected chi connectivity index (χ0v) is 20.8. The smallest absolute Gasteiger partial charge is 0.411 e. The van der Waals surface area contributed by atoms with Gasteiger partial charge in [0.05, 0.1) is 19.0 Å². The molecule has 186 valence electrons. The summed E-state index contributed by atoms with van der Waals surface area (Å²) in [5, 5.41) is 9.40. The zero-order valence-electron chi connectivity index (χ0n) is 20.8. The lowest BCUT2D eigenvalue weighted by atomic mass is 9.89. The summed E-state index contributed by atoms with van der Waals surface area (Å²) in [7, 11) is 0. The van der Waals surface area contributed by atoms with Gasteiger partial charge < -0.3 is 9.84 Å². The number of benzene rings is 3. The van der Waals surface area contributed by atoms with E-state index in [2.05, 4.69) is 11.1 Å². The third-order valence-electron chi connectivity index (χ3n) is 6.82. The Hall–Kier alpha value is -4.45. The Morgan fingerprint density at radius 2 is 1.76 bits per heavy atom. The average Bonchev–Trinajstić information content (AvgIpc) is 3.18. The molecular formula is C31H28N2O4. The van der Waals surface area contributed by atoms with Gasteiger partial charge in [0.15, 0.2) is 0 Å². The first kappa shape index (κ1) is 24.3. The van der Waals surface area contributed by atoms with Gasteiger partial charge in [0.1, 0.15) is 6.10 Å². The van der Waals surface area contributed by atoms with E-state index in [1.54, 1.807) is 17.3 Å². The van der Waals surface area contributed by atoms with Gasteiger partial charge in [-0.15, -0.1) is 0 Å². The molecule has 37 heavy (non-hydrogen) atoms. The van der Waals surface area contributed by atoms with E-state index in [4.69, 9.17) is 4.74 Å². The summed E-state index contributed by atoms with van der Waals surface area (Å²) in [5.41, 5.74) is 7.45. The van der Waals surface area contributed by atoms with Crippen LogP contribution in [0.4, 0.5) is 4.79 Å². The third kappa shape index (κ3) is 5.09. The van der Waals surface area contributed by atoms with E-state index in [0.29, 0.717) is 12.1 Å². The summed E-state index contributed by atoms with van der Waals surface area (Å²) >= 11 is 0. The lowest BCUT2D eigenvalue weighted by Gasteiger charge is -2.23. The molecule has 1 N–H and O–H groups in total. The molecule has 2 heterocycles. The highest BCUT2D eigenvalue weighted by Crippen LogP contribution is 2.38. The van der Waals surface area contributed by atoms with Gasteiger partial charge in [-0.25, -0.2) is 4.79 Å². The summed E-state index contributed by atoms with van der Waals surface area (Å²) < 4.78 is 5.79. The number of hydrogen-bond donors (Lipinski definition) is 1. The maximum atomic E-state index is 13.0. The van der Waals surface area contributed by atoms with Crippen molar-refractivity contribution in [3.63, 3.8) is 0 Å². The predicted molar refractivity (Wildman–Crippen MR) is 142 cm³/mol. The first-order valence-electron chi connectivity index (χ1n) is 12.3. The highest BCUT2D eigenvalue weighted by Gasteiger charge is 2.39. The van der Waals surface area contributed by atoms with Crippen LogP contribution in [0, 0.1) is 6.92 Å². The van der Waals surface area contributed by atoms with E-state index < -0.39 is 5.97 Å². The van der Waals surface area contributed by atoms with Crippen LogP contribution in [0.15, 0.2) is 91.3 Å². The fourth-order valence-corrected chi connectivity index (χ4v) is 4.97. The lowest BCUT2D eigenvalue weighted by molar-refractivity contribution is -0.136. The molecule has 6 heteroatoms. The minimum Gasteiger partial charge on any atom is -0.481 e. The van der Waals surface area contributed by atoms with Crippen LogP contribution in [0.25, 0.3) is 22.3 Å². The monoisotopic (exact) mass is 492 g/mol. The number of rotatable bonds is 7. The Bertz CT molecular complexity index is 1440. The van der Waals surface area contributed by atoms with Crippen molar-refractivity contribution in [2.24, 2.45) is 0 Å². The highest BCUT2D eigenvalue weighted by molar-refractivity contribution is 5.86. The summed E-state index contributed by atoms with van der Waals surface area (Å²) in [5.74, 6) is -0.884. The standard InChI is InChI=1S/C31H28N2O4/c1-20-10-12-27(28-16-22(17-29(34)35)11-13-26(28)24-9-6-14-32-18-24)25(15-20)19-33-21(2)30(37-31(33)36)23-7-4-3-5-8-23/h3-16,18,21,30H,17,19H2,1-2H3,(H,34,35)/t21-,30-/m0/s1. The number of hydrogen-bond acceptors (Lipinski definition) is 4. The molecule has 1 saturated heterocycles. The average molecular weight is 493 g/mol. The number of carboxylic acid groups (broad SMARTS) is 1. The van der Waals surface area contributed by atoms with E-state index in [1.807, 2.05) is 86.6 Å². The van der Waals surface area contributed by atoms with E-state index in [9.17, 15) is 14.7 Å². The van der Waals surface area contributed by atoms with Crippen LogP contribution in [-0.4, -0.2) is 33.1 Å². The summed E-state index contributed by atoms with van der Waals surface area (Å²) in [6, 6.07) is 25.4. The van der Waals surface area contributed by atoms with E-state index in [1.165, 1.54) is 0 Å². The molecule has 1 aromatic heterocycles. The van der Waals surface area contributed by atoms with Gasteiger partial charge in [0.2, 0.25) is 0 Å². The van der Waals surface area contributed by atoms with Gasteiger partial charge >= 0.3 is 12.1 Å². The largest absolute Gasteiger partial charge is 0.481 e. The van der Waals surface area contributed by atoms with Gasteiger partial charge in [-0.2, -0.15) is 0 Å². The third-order valence-corrected chi connectivity index (χ3v) is 6.82. The van der Waals surface area contributed by atoms with Crippen LogP contribution < -0.4 is 0 Å². The maximum Gasteiger partial charge on any atom is 0.411 e. The maximum absolute atomic E-state index is 13.0. The fourth-order valence-electron chi connectivity index (χ4n) is 4.97. The Morgan fingerprint density at radius 1 is 0.973 bits per heavy atom. The van der Waals surface area contributed by atoms with Crippen LogP contribution in [0.5, 0.6) is 0 Å². The molecule has 1 fully saturated rings. The van der Waals surface area contributed by atoms with Gasteiger partial charge in [0.25, 0.3) is 0 Å². The van der Waals surface area contributed by atoms with E-state index in [0.717, 1.165) is 38.9 Å². The number of pyridine rings is 1. The summed E-state index contributed by atoms with van der Waals surface area (Å²) in [4.78, 5) is 30.5. The van der Waals surface area contributed by atoms with Crippen LogP contribution in [0.2, 0.25) is 0 Å². The Morgan fingerprint density at radius 3 is 2.49 bits per heavy atom. The number of carboxylic acids is 1. The first-order chi connectivity index (χ1) is 17.9. The van der Waals surface area contributed by atoms with Crippen molar-refractivity contribution in [1.29, 1.82) is 0 Å². The van der Waals surface area contributed by atoms with Crippen LogP contribution in [0.1, 0.15) is 35.3 Å². The van der Waals surface area contributed by atoms with Gasteiger partial charge in [-0.1, -0.05) is 72.3 Å². The number of carbonyl (C=O) groups is 2. The van der Waals surface area contributed by atoms with Crippen molar-refractivity contribution in [1.82, 2.24) is 9.88 Å². The molecule has 1 amide bonds. The topological polar surface area (TPSA) is 79.7 Å². The van der Waals surface area contributed by atoms with Gasteiger partial charge in [-0.05, 0) is 59.4 Å². The minimum absolute atomic E-state index is 0.0737. The second-order valence-corrected chi connectivity index (χ2v) is 9.44. The number of aryl methyl sites for hydroxylation is 1. The van der Waals surface area contributed by atoms with Gasteiger partial charge in [-0.3, -0.25) is 14.7 Å². The number of amides is 1. The van der Waals surface area contributed by atoms with Crippen molar-refractivity contribution in [3.8, 4) is 22.3 Å². The second-order valence-electron chi connectivity index (χ2n) is 9.44. The number of ether oxygens (including phenoxy) is 1. The highest BCUT2D eigenvalue weighted by atomic mass is 16.6. The first-order valence-corrected chi connectivity index (χ1v) is 12.3. The summed E-state index contributed by atoms with van der Waals surface area (Å²) in [6.07, 6.45) is 2.76. The Balaban J connectivity index is 1.57. The van der Waals surface area contributed by atoms with Crippen molar-refractivity contribution < 1.29 is 19.4 Å². The minimum atomic E-state index is -0.884. The number of carbonyl (C=O) groups excluding carboxylic acids is 1. The van der Waals surface area contributed by atoms with Crippen LogP contribution >= 0.6 is 0 Å². The molecule has 1 aliphatic rings. The molecule has 0 bridgehead atoms. The van der Waals surface area contributed by atoms with E-state index in [-0.39, 0.29) is 24.7 Å². The molecule has 3 aromatic carbocycles. The Kier molecular flexibility index (Phi) is 6.73. The quantitative estimate of drug-likeness (QED) is 0.321. The number of cyclic esters (lactones) is 1. The number of nitrogens with zero attached hydrogens (tertiary/aromatic N) is 2. The number of aliphatic carboxylic acids is 1. The molecule has 0 radical (unpaired) electrons. The van der Waals surface area contributed by atoms with Crippen molar-refractivity contribution >= 4 is 12.1 Å². The van der Waals surface area contributed by atoms with Crippen LogP contribution in [0.3, 0.4) is 0 Å². The predicted octanol–water partition coefficient (Wildman–Crippen LogP) is 6.43. The normalized spacial score (nSPS) is 17.0. The van der Waals surface area contributed by atoms with Crippen molar-refractivity contribution in [3.05, 3.63) is 114 Å². The molecule has 0 saturated carbocycles. The second kappa shape index (κ2) is 10.3. The number of aromatic nitrogens is 1. The molecule has 0 unspecified atom stereocenters. The molecule has 5 rings (SSSR count). The molecule has 0 aliphatic carbocycles. The van der Waals surface area contributed by atoms with Crippen LogP contribution in [-0.2, 0) is 22.5 Å². The Labute approximate surface area is 216 Å².